The molecular formula is C31H35N3O8. The number of likely N-dealkylation sites (N-methyl/N-ethyl adjacent to an activating group) is 1. The summed E-state index contributed by atoms with van der Waals surface area (Å²) in [5, 5.41) is 45.0. The maximum Gasteiger partial charge on any atom is 0.255 e. The largest absolute Gasteiger partial charge is 0.510 e. The molecule has 0 unspecified atom stereocenters. The number of piperidine rings is 1. The Morgan fingerprint density at radius 2 is 1.86 bits per heavy atom. The van der Waals surface area contributed by atoms with Crippen molar-refractivity contribution >= 4 is 17.5 Å². The van der Waals surface area contributed by atoms with E-state index in [0.29, 0.717) is 17.7 Å². The smallest absolute Gasteiger partial charge is 0.255 e. The monoisotopic (exact) mass is 577 g/mol. The number of benzene rings is 1. The predicted octanol–water partition coefficient (Wildman–Crippen LogP) is 2.37. The van der Waals surface area contributed by atoms with Gasteiger partial charge in [0.1, 0.15) is 28.6 Å². The number of ketones is 2. The zero-order valence-electron chi connectivity index (χ0n) is 23.6. The summed E-state index contributed by atoms with van der Waals surface area (Å²) in [5.74, 6) is -5.91. The minimum Gasteiger partial charge on any atom is -0.510 e. The number of nitrogens with two attached hydrogens (primary N) is 1. The molecule has 1 fully saturated rings. The molecule has 1 amide bonds. The highest BCUT2D eigenvalue weighted by molar-refractivity contribution is 6.24. The Morgan fingerprint density at radius 1 is 1.14 bits per heavy atom. The quantitative estimate of drug-likeness (QED) is 0.331. The van der Waals surface area contributed by atoms with E-state index >= 15 is 0 Å². The highest BCUT2D eigenvalue weighted by atomic mass is 16.3. The minimum atomic E-state index is -2.66. The summed E-state index contributed by atoms with van der Waals surface area (Å²) in [5.41, 5.74) is 3.72. The van der Waals surface area contributed by atoms with Crippen LogP contribution >= 0.6 is 0 Å². The number of likely N-dealkylation sites (tertiary alicyclic amines) is 1. The fraction of sp³-hybridized carbons (Fsp3) is 0.452. The molecule has 1 aromatic carbocycles. The maximum absolute atomic E-state index is 14.0. The first-order valence-electron chi connectivity index (χ1n) is 14.2. The number of hydrogen-bond acceptors (Lipinski definition) is 10. The molecule has 2 aromatic rings. The van der Waals surface area contributed by atoms with Crippen LogP contribution in [0.15, 0.2) is 51.5 Å². The number of Topliss-reactive ketones (excluding diaryl/α,β-unsaturated/α-hetero) is 2. The Hall–Kier alpha value is -3.93. The van der Waals surface area contributed by atoms with Crippen LogP contribution in [0.1, 0.15) is 47.4 Å². The van der Waals surface area contributed by atoms with Gasteiger partial charge in [0.25, 0.3) is 5.91 Å². The molecule has 42 heavy (non-hydrogen) atoms. The number of fused-ring (bicyclic) bond motifs is 3. The van der Waals surface area contributed by atoms with Gasteiger partial charge in [-0.3, -0.25) is 24.2 Å². The Morgan fingerprint density at radius 3 is 2.52 bits per heavy atom. The minimum absolute atomic E-state index is 0.0212. The Labute approximate surface area is 242 Å². The van der Waals surface area contributed by atoms with Crippen molar-refractivity contribution in [2.45, 2.75) is 50.3 Å². The van der Waals surface area contributed by atoms with E-state index in [4.69, 9.17) is 10.2 Å². The average molecular weight is 578 g/mol. The number of aliphatic hydroxyl groups is 3. The van der Waals surface area contributed by atoms with Crippen LogP contribution in [0.2, 0.25) is 0 Å². The summed E-state index contributed by atoms with van der Waals surface area (Å²) >= 11 is 0. The van der Waals surface area contributed by atoms with Crippen LogP contribution in [0.25, 0.3) is 11.1 Å². The van der Waals surface area contributed by atoms with Crippen molar-refractivity contribution in [3.8, 4) is 16.9 Å². The number of hydrogen-bond donors (Lipinski definition) is 5. The normalized spacial score (nSPS) is 28.1. The van der Waals surface area contributed by atoms with Gasteiger partial charge in [0.15, 0.2) is 11.4 Å². The second kappa shape index (κ2) is 10.1. The molecule has 222 valence electrons. The molecule has 0 radical (unpaired) electrons. The van der Waals surface area contributed by atoms with Crippen molar-refractivity contribution in [2.75, 3.05) is 27.2 Å². The second-order valence-electron chi connectivity index (χ2n) is 12.1. The van der Waals surface area contributed by atoms with E-state index < -0.39 is 58.0 Å². The SMILES string of the molecule is CN(C)[C@@H]1C(O)=C(C(N)=O)C(=O)[C@@]2(O)C(O)=C3C(=O)c4c(O)ccc(-c5coc(CN6CCCCC6)c5)c4C[C@H]3C[C@@H]12. The molecule has 3 aliphatic carbocycles. The summed E-state index contributed by atoms with van der Waals surface area (Å²) in [4.78, 5) is 43.4. The van der Waals surface area contributed by atoms with E-state index in [1.807, 2.05) is 6.07 Å². The number of primary amides is 1. The first-order chi connectivity index (χ1) is 19.9. The van der Waals surface area contributed by atoms with Crippen LogP contribution < -0.4 is 5.73 Å². The highest BCUT2D eigenvalue weighted by Gasteiger charge is 2.63. The number of rotatable bonds is 5. The van der Waals surface area contributed by atoms with Gasteiger partial charge < -0.3 is 30.6 Å². The first-order valence-corrected chi connectivity index (χ1v) is 14.2. The molecule has 4 aliphatic rings. The summed E-state index contributed by atoms with van der Waals surface area (Å²) in [7, 11) is 3.20. The number of amides is 1. The number of aliphatic hydroxyl groups excluding tert-OH is 2. The third-order valence-electron chi connectivity index (χ3n) is 9.40. The lowest BCUT2D eigenvalue weighted by Crippen LogP contribution is -2.63. The van der Waals surface area contributed by atoms with E-state index in [9.17, 15) is 34.8 Å². The van der Waals surface area contributed by atoms with Crippen LogP contribution in [0.4, 0.5) is 0 Å². The number of allylic oxidation sites excluding steroid dienone is 1. The Balaban J connectivity index is 1.43. The zero-order chi connectivity index (χ0) is 30.1. The van der Waals surface area contributed by atoms with Gasteiger partial charge in [-0.15, -0.1) is 0 Å². The van der Waals surface area contributed by atoms with Crippen LogP contribution in [0.3, 0.4) is 0 Å². The van der Waals surface area contributed by atoms with E-state index in [1.54, 1.807) is 26.4 Å². The summed E-state index contributed by atoms with van der Waals surface area (Å²) in [6.45, 7) is 2.69. The Bertz CT molecular complexity index is 1560. The molecule has 1 saturated heterocycles. The predicted molar refractivity (Wildman–Crippen MR) is 151 cm³/mol. The molecule has 1 aliphatic heterocycles. The van der Waals surface area contributed by atoms with Gasteiger partial charge in [-0.2, -0.15) is 0 Å². The third-order valence-corrected chi connectivity index (χ3v) is 9.40. The van der Waals surface area contributed by atoms with Gasteiger partial charge in [-0.1, -0.05) is 12.5 Å². The van der Waals surface area contributed by atoms with Gasteiger partial charge in [0.05, 0.1) is 24.4 Å². The van der Waals surface area contributed by atoms with Crippen molar-refractivity contribution in [2.24, 2.45) is 17.6 Å². The van der Waals surface area contributed by atoms with E-state index in [-0.39, 0.29) is 29.7 Å². The lowest BCUT2D eigenvalue weighted by Gasteiger charge is -2.50. The lowest BCUT2D eigenvalue weighted by molar-refractivity contribution is -0.148. The van der Waals surface area contributed by atoms with Crippen molar-refractivity contribution in [1.82, 2.24) is 9.80 Å². The number of carbonyl (C=O) groups is 3. The van der Waals surface area contributed by atoms with E-state index in [1.165, 1.54) is 17.4 Å². The van der Waals surface area contributed by atoms with Crippen LogP contribution in [0.5, 0.6) is 5.75 Å². The van der Waals surface area contributed by atoms with Gasteiger partial charge in [0.2, 0.25) is 5.78 Å². The molecule has 2 heterocycles. The average Bonchev–Trinajstić information content (AvgIpc) is 3.39. The van der Waals surface area contributed by atoms with Crippen molar-refractivity contribution < 1.29 is 39.2 Å². The fourth-order valence-electron chi connectivity index (χ4n) is 7.46. The van der Waals surface area contributed by atoms with Crippen LogP contribution in [0, 0.1) is 11.8 Å². The topological polar surface area (TPSA) is 178 Å². The number of nitrogens with zero attached hydrogens (tertiary/aromatic N) is 2. The third kappa shape index (κ3) is 4.10. The van der Waals surface area contributed by atoms with Gasteiger partial charge in [-0.25, -0.2) is 0 Å². The molecule has 11 heteroatoms. The maximum atomic E-state index is 14.0. The summed E-state index contributed by atoms with van der Waals surface area (Å²) < 4.78 is 5.89. The number of aromatic hydroxyl groups is 1. The van der Waals surface area contributed by atoms with Crippen molar-refractivity contribution in [1.29, 1.82) is 0 Å². The Kier molecular flexibility index (Phi) is 6.79. The van der Waals surface area contributed by atoms with Gasteiger partial charge in [0, 0.05) is 17.1 Å². The van der Waals surface area contributed by atoms with E-state index in [0.717, 1.165) is 37.3 Å². The van der Waals surface area contributed by atoms with E-state index in [2.05, 4.69) is 4.90 Å². The molecule has 11 nitrogen and oxygen atoms in total. The number of furan rings is 1. The molecule has 0 bridgehead atoms. The number of phenols is 1. The number of carbonyl (C=O) groups excluding carboxylic acids is 3. The first kappa shape index (κ1) is 28.2. The molecule has 0 saturated carbocycles. The van der Waals surface area contributed by atoms with Gasteiger partial charge >= 0.3 is 0 Å². The van der Waals surface area contributed by atoms with Gasteiger partial charge in [-0.05, 0) is 82.0 Å². The fourth-order valence-corrected chi connectivity index (χ4v) is 7.46. The van der Waals surface area contributed by atoms with Crippen molar-refractivity contribution in [3.63, 3.8) is 0 Å². The summed E-state index contributed by atoms with van der Waals surface area (Å²) in [6.07, 6.45) is 5.41. The standard InChI is InChI=1S/C31H35N3O8/c1-33(2)25-20-12-15-11-19-18(16-10-17(42-14-16)13-34-8-4-3-5-9-34)6-7-21(35)23(19)26(36)22(15)28(38)31(20,41)29(39)24(27(25)37)30(32)40/h6-7,10,14-15,20,25,35,37-38,41H,3-5,8-9,11-13H2,1-2H3,(H2,32,40)/t15-,20-,25-,31-/m0/s1. The molecule has 4 atom stereocenters. The molecular weight excluding hydrogens is 542 g/mol. The number of phenolic OH excluding ortho intramolecular Hbond substituents is 1. The highest BCUT2D eigenvalue weighted by Crippen LogP contribution is 2.53. The van der Waals surface area contributed by atoms with Crippen LogP contribution in [-0.4, -0.2) is 86.5 Å². The lowest BCUT2D eigenvalue weighted by atomic mass is 9.58. The molecule has 6 rings (SSSR count). The molecule has 0 spiro atoms. The molecule has 6 N–H and O–H groups in total. The summed E-state index contributed by atoms with van der Waals surface area (Å²) in [6, 6.07) is 4.03. The second-order valence-corrected chi connectivity index (χ2v) is 12.1. The van der Waals surface area contributed by atoms with Crippen molar-refractivity contribution in [3.05, 3.63) is 64.0 Å². The molecule has 1 aromatic heterocycles. The van der Waals surface area contributed by atoms with Crippen LogP contribution in [-0.2, 0) is 22.6 Å². The zero-order valence-corrected chi connectivity index (χ0v) is 23.6.